The first kappa shape index (κ1) is 17.1. The van der Waals surface area contributed by atoms with Crippen LogP contribution in [0.4, 0.5) is 0 Å². The quantitative estimate of drug-likeness (QED) is 0.533. The molecule has 142 valence electrons. The Morgan fingerprint density at radius 2 is 2.00 bits per heavy atom. The summed E-state index contributed by atoms with van der Waals surface area (Å²) < 4.78 is 7.57. The lowest BCUT2D eigenvalue weighted by atomic mass is 10.0. The molecule has 1 aliphatic rings. The van der Waals surface area contributed by atoms with Crippen LogP contribution >= 0.6 is 0 Å². The smallest absolute Gasteiger partial charge is 0.234 e. The summed E-state index contributed by atoms with van der Waals surface area (Å²) in [6.07, 6.45) is 6.14. The van der Waals surface area contributed by atoms with E-state index in [1.807, 2.05) is 26.0 Å². The maximum absolute atomic E-state index is 5.45. The maximum Gasteiger partial charge on any atom is 0.234 e. The van der Waals surface area contributed by atoms with E-state index in [0.29, 0.717) is 6.04 Å². The minimum absolute atomic E-state index is 0.331. The zero-order valence-electron chi connectivity index (χ0n) is 16.2. The fourth-order valence-corrected chi connectivity index (χ4v) is 4.41. The number of hydrogen-bond donors (Lipinski definition) is 0. The Balaban J connectivity index is 1.58. The van der Waals surface area contributed by atoms with Crippen molar-refractivity contribution in [3.05, 3.63) is 71.5 Å². The summed E-state index contributed by atoms with van der Waals surface area (Å²) >= 11 is 0. The topological polar surface area (TPSA) is 59.5 Å². The highest BCUT2D eigenvalue weighted by molar-refractivity contribution is 5.65. The normalized spacial score (nSPS) is 17.6. The van der Waals surface area contributed by atoms with Crippen molar-refractivity contribution in [3.63, 3.8) is 0 Å². The van der Waals surface area contributed by atoms with E-state index in [0.717, 1.165) is 48.0 Å². The van der Waals surface area contributed by atoms with Gasteiger partial charge in [0.1, 0.15) is 5.76 Å². The van der Waals surface area contributed by atoms with E-state index in [1.54, 1.807) is 6.20 Å². The van der Waals surface area contributed by atoms with Gasteiger partial charge in [0, 0.05) is 36.1 Å². The van der Waals surface area contributed by atoms with Gasteiger partial charge in [0.05, 0.1) is 17.1 Å². The molecule has 5 rings (SSSR count). The fourth-order valence-electron chi connectivity index (χ4n) is 4.41. The monoisotopic (exact) mass is 373 g/mol. The minimum Gasteiger partial charge on any atom is -0.361 e. The average Bonchev–Trinajstić information content (AvgIpc) is 3.41. The van der Waals surface area contributed by atoms with Crippen LogP contribution in [0.15, 0.2) is 53.3 Å². The highest BCUT2D eigenvalue weighted by Crippen LogP contribution is 2.37. The molecule has 3 aromatic heterocycles. The van der Waals surface area contributed by atoms with Gasteiger partial charge >= 0.3 is 0 Å². The summed E-state index contributed by atoms with van der Waals surface area (Å²) in [6.45, 7) is 5.91. The summed E-state index contributed by atoms with van der Waals surface area (Å²) in [7, 11) is 0. The first-order chi connectivity index (χ1) is 13.7. The largest absolute Gasteiger partial charge is 0.361 e. The molecule has 1 atom stereocenters. The van der Waals surface area contributed by atoms with Gasteiger partial charge in [-0.3, -0.25) is 9.30 Å². The van der Waals surface area contributed by atoms with Gasteiger partial charge in [-0.1, -0.05) is 35.5 Å². The third-order valence-corrected chi connectivity index (χ3v) is 5.69. The maximum atomic E-state index is 5.45. The van der Waals surface area contributed by atoms with Crippen molar-refractivity contribution in [1.82, 2.24) is 24.4 Å². The van der Waals surface area contributed by atoms with Crippen LogP contribution < -0.4 is 0 Å². The van der Waals surface area contributed by atoms with Crippen molar-refractivity contribution in [2.24, 2.45) is 0 Å². The molecular weight excluding hydrogens is 350 g/mol. The predicted molar refractivity (Wildman–Crippen MR) is 107 cm³/mol. The van der Waals surface area contributed by atoms with E-state index < -0.39 is 0 Å². The number of aryl methyl sites for hydroxylation is 2. The van der Waals surface area contributed by atoms with Crippen LogP contribution in [0.25, 0.3) is 17.0 Å². The van der Waals surface area contributed by atoms with E-state index in [9.17, 15) is 0 Å². The number of aromatic nitrogens is 4. The van der Waals surface area contributed by atoms with E-state index in [1.165, 1.54) is 17.7 Å². The third kappa shape index (κ3) is 2.81. The van der Waals surface area contributed by atoms with E-state index in [2.05, 4.69) is 49.9 Å². The Bertz CT molecular complexity index is 1100. The molecule has 1 aliphatic heterocycles. The zero-order valence-corrected chi connectivity index (χ0v) is 16.2. The second-order valence-electron chi connectivity index (χ2n) is 7.43. The molecule has 0 radical (unpaired) electrons. The number of likely N-dealkylation sites (tertiary alicyclic amines) is 1. The molecule has 4 heterocycles. The number of imidazole rings is 1. The molecule has 0 aliphatic carbocycles. The molecule has 1 aromatic carbocycles. The lowest BCUT2D eigenvalue weighted by Crippen LogP contribution is -2.24. The first-order valence-electron chi connectivity index (χ1n) is 9.76. The molecule has 28 heavy (non-hydrogen) atoms. The molecule has 6 nitrogen and oxygen atoms in total. The van der Waals surface area contributed by atoms with E-state index in [4.69, 9.17) is 9.51 Å². The fraction of sp³-hybridized carbons (Fsp3) is 0.318. The van der Waals surface area contributed by atoms with Crippen molar-refractivity contribution in [2.75, 3.05) is 6.54 Å². The summed E-state index contributed by atoms with van der Waals surface area (Å²) in [6, 6.07) is 12.7. The lowest BCUT2D eigenvalue weighted by Gasteiger charge is -2.24. The highest BCUT2D eigenvalue weighted by atomic mass is 16.5. The molecule has 4 aromatic rings. The molecule has 1 saturated heterocycles. The molecule has 1 fully saturated rings. The van der Waals surface area contributed by atoms with Crippen LogP contribution in [0.5, 0.6) is 0 Å². The number of fused-ring (bicyclic) bond motifs is 1. The first-order valence-corrected chi connectivity index (χ1v) is 9.76. The zero-order chi connectivity index (χ0) is 19.1. The van der Waals surface area contributed by atoms with E-state index >= 15 is 0 Å². The van der Waals surface area contributed by atoms with Crippen LogP contribution in [0.3, 0.4) is 0 Å². The molecule has 0 N–H and O–H groups in total. The number of benzene rings is 1. The molecule has 6 heteroatoms. The van der Waals surface area contributed by atoms with Crippen molar-refractivity contribution in [1.29, 1.82) is 0 Å². The lowest BCUT2D eigenvalue weighted by molar-refractivity contribution is 0.242. The van der Waals surface area contributed by atoms with Crippen molar-refractivity contribution >= 4 is 5.78 Å². The van der Waals surface area contributed by atoms with Gasteiger partial charge in [-0.25, -0.2) is 9.97 Å². The Kier molecular flexibility index (Phi) is 4.20. The number of rotatable bonds is 4. The van der Waals surface area contributed by atoms with Crippen molar-refractivity contribution in [2.45, 2.75) is 39.3 Å². The molecular formula is C22H23N5O. The van der Waals surface area contributed by atoms with Gasteiger partial charge in [-0.15, -0.1) is 0 Å². The van der Waals surface area contributed by atoms with Crippen molar-refractivity contribution in [3.8, 4) is 11.3 Å². The number of nitrogens with zero attached hydrogens (tertiary/aromatic N) is 5. The van der Waals surface area contributed by atoms with Crippen LogP contribution in [0.2, 0.25) is 0 Å². The Morgan fingerprint density at radius 3 is 2.79 bits per heavy atom. The molecule has 1 unspecified atom stereocenters. The minimum atomic E-state index is 0.331. The van der Waals surface area contributed by atoms with E-state index in [-0.39, 0.29) is 0 Å². The Hall–Kier alpha value is -2.99. The van der Waals surface area contributed by atoms with Crippen molar-refractivity contribution < 1.29 is 4.52 Å². The molecule has 0 amide bonds. The average molecular weight is 373 g/mol. The SMILES string of the molecule is Cc1noc(C)c1C1CCCN1Cc1c(-c2ccccc2)nc2ncccn12. The van der Waals surface area contributed by atoms with Crippen LogP contribution in [-0.2, 0) is 6.54 Å². The van der Waals surface area contributed by atoms with Gasteiger partial charge in [-0.05, 0) is 39.3 Å². The highest BCUT2D eigenvalue weighted by Gasteiger charge is 2.32. The standard InChI is InChI=1S/C22H23N5O/c1-15-20(16(2)28-25-15)18-10-6-12-26(18)14-19-21(17-8-4-3-5-9-17)24-22-23-11-7-13-27(19)22/h3-5,7-9,11,13,18H,6,10,12,14H2,1-2H3. The van der Waals surface area contributed by atoms with Gasteiger partial charge in [0.15, 0.2) is 0 Å². The Labute approximate surface area is 163 Å². The van der Waals surface area contributed by atoms with Crippen LogP contribution in [0.1, 0.15) is 41.6 Å². The molecule has 0 spiro atoms. The predicted octanol–water partition coefficient (Wildman–Crippen LogP) is 4.34. The van der Waals surface area contributed by atoms with Gasteiger partial charge in [0.25, 0.3) is 0 Å². The van der Waals surface area contributed by atoms with Gasteiger partial charge < -0.3 is 4.52 Å². The molecule has 0 saturated carbocycles. The van der Waals surface area contributed by atoms with Crippen LogP contribution in [0, 0.1) is 13.8 Å². The Morgan fingerprint density at radius 1 is 1.14 bits per heavy atom. The summed E-state index contributed by atoms with van der Waals surface area (Å²) in [4.78, 5) is 11.8. The molecule has 0 bridgehead atoms. The van der Waals surface area contributed by atoms with Crippen LogP contribution in [-0.4, -0.2) is 31.0 Å². The van der Waals surface area contributed by atoms with Gasteiger partial charge in [0.2, 0.25) is 5.78 Å². The third-order valence-electron chi connectivity index (χ3n) is 5.69. The second kappa shape index (κ2) is 6.87. The summed E-state index contributed by atoms with van der Waals surface area (Å²) in [5.74, 6) is 1.67. The summed E-state index contributed by atoms with van der Waals surface area (Å²) in [5.41, 5.74) is 5.54. The number of hydrogen-bond acceptors (Lipinski definition) is 5. The van der Waals surface area contributed by atoms with Gasteiger partial charge in [-0.2, -0.15) is 0 Å². The summed E-state index contributed by atoms with van der Waals surface area (Å²) in [5, 5.41) is 4.18. The second-order valence-corrected chi connectivity index (χ2v) is 7.43.